The molecule has 31 heavy (non-hydrogen) atoms. The van der Waals surface area contributed by atoms with Crippen molar-refractivity contribution in [3.05, 3.63) is 18.0 Å². The zero-order valence-electron chi connectivity index (χ0n) is 19.3. The molecule has 0 atom stereocenters. The lowest BCUT2D eigenvalue weighted by atomic mass is 10.2. The van der Waals surface area contributed by atoms with Crippen molar-refractivity contribution in [3.63, 3.8) is 0 Å². The monoisotopic (exact) mass is 440 g/mol. The van der Waals surface area contributed by atoms with Gasteiger partial charge in [-0.2, -0.15) is 5.10 Å². The number of ether oxygens (including phenoxy) is 3. The van der Waals surface area contributed by atoms with Gasteiger partial charge in [0.2, 0.25) is 0 Å². The molecule has 0 fully saturated rings. The minimum atomic E-state index is -0.555. The number of amides is 1. The Morgan fingerprint density at radius 2 is 1.81 bits per heavy atom. The number of nitrogens with zero attached hydrogens (tertiary/aromatic N) is 3. The van der Waals surface area contributed by atoms with Crippen LogP contribution >= 0.6 is 0 Å². The summed E-state index contributed by atoms with van der Waals surface area (Å²) in [5, 5.41) is 6.94. The van der Waals surface area contributed by atoms with Crippen LogP contribution in [-0.4, -0.2) is 77.7 Å². The molecule has 1 aromatic heterocycles. The van der Waals surface area contributed by atoms with Gasteiger partial charge in [0.1, 0.15) is 5.60 Å². The third kappa shape index (κ3) is 12.0. The smallest absolute Gasteiger partial charge is 0.407 e. The van der Waals surface area contributed by atoms with E-state index in [2.05, 4.69) is 15.3 Å². The largest absolute Gasteiger partial charge is 0.466 e. The molecular weight excluding hydrogens is 404 g/mol. The van der Waals surface area contributed by atoms with Gasteiger partial charge in [0, 0.05) is 32.3 Å². The van der Waals surface area contributed by atoms with Crippen LogP contribution in [0.5, 0.6) is 0 Å². The molecule has 0 bridgehead atoms. The van der Waals surface area contributed by atoms with E-state index in [9.17, 15) is 14.4 Å². The Labute approximate surface area is 184 Å². The fraction of sp³-hybridized carbons (Fsp3) is 0.714. The van der Waals surface area contributed by atoms with Gasteiger partial charge in [0.15, 0.2) is 0 Å². The summed E-state index contributed by atoms with van der Waals surface area (Å²) in [4.78, 5) is 37.3. The van der Waals surface area contributed by atoms with Gasteiger partial charge in [-0.3, -0.25) is 14.4 Å². The van der Waals surface area contributed by atoms with E-state index in [0.29, 0.717) is 64.3 Å². The average Bonchev–Trinajstić information content (AvgIpc) is 3.14. The molecule has 0 spiro atoms. The molecule has 0 aliphatic heterocycles. The van der Waals surface area contributed by atoms with Gasteiger partial charge in [0.25, 0.3) is 0 Å². The second kappa shape index (κ2) is 13.6. The molecule has 0 saturated carbocycles. The molecule has 10 nitrogen and oxygen atoms in total. The Bertz CT molecular complexity index is 698. The van der Waals surface area contributed by atoms with E-state index in [-0.39, 0.29) is 5.97 Å². The second-order valence-electron chi connectivity index (χ2n) is 7.89. The van der Waals surface area contributed by atoms with Crippen LogP contribution in [0.3, 0.4) is 0 Å². The summed E-state index contributed by atoms with van der Waals surface area (Å²) in [6, 6.07) is 0. The number of rotatable bonds is 13. The molecule has 0 saturated heterocycles. The number of hydrogen-bond donors (Lipinski definition) is 1. The molecule has 1 N–H and O–H groups in total. The van der Waals surface area contributed by atoms with E-state index in [1.54, 1.807) is 24.7 Å². The standard InChI is InChI=1S/C21H36N4O6/c1-6-29-18(26)9-8-11-24(12-10-22-20(28)31-21(3,4)5)13-14-25-16-17(15-23-25)19(27)30-7-2/h15-16H,6-14H2,1-5H3,(H,22,28). The molecule has 1 rings (SSSR count). The van der Waals surface area contributed by atoms with Crippen molar-refractivity contribution >= 4 is 18.0 Å². The van der Waals surface area contributed by atoms with Gasteiger partial charge < -0.3 is 19.5 Å². The molecule has 1 heterocycles. The topological polar surface area (TPSA) is 112 Å². The predicted octanol–water partition coefficient (Wildman–Crippen LogP) is 2.23. The summed E-state index contributed by atoms with van der Waals surface area (Å²) in [5.74, 6) is -0.623. The highest BCUT2D eigenvalue weighted by Crippen LogP contribution is 2.06. The van der Waals surface area contributed by atoms with Crippen LogP contribution in [0.15, 0.2) is 12.4 Å². The number of hydrogen-bond acceptors (Lipinski definition) is 8. The summed E-state index contributed by atoms with van der Waals surface area (Å²) in [5.41, 5.74) is -0.151. The summed E-state index contributed by atoms with van der Waals surface area (Å²) in [6.07, 6.45) is 3.63. The molecule has 0 aromatic carbocycles. The lowest BCUT2D eigenvalue weighted by Gasteiger charge is -2.23. The Morgan fingerprint density at radius 3 is 2.45 bits per heavy atom. The van der Waals surface area contributed by atoms with E-state index in [4.69, 9.17) is 14.2 Å². The zero-order valence-corrected chi connectivity index (χ0v) is 19.3. The highest BCUT2D eigenvalue weighted by molar-refractivity contribution is 5.88. The third-order valence-corrected chi connectivity index (χ3v) is 4.05. The highest BCUT2D eigenvalue weighted by atomic mass is 16.6. The maximum atomic E-state index is 11.8. The average molecular weight is 441 g/mol. The zero-order chi connectivity index (χ0) is 23.3. The molecule has 10 heteroatoms. The van der Waals surface area contributed by atoms with Crippen LogP contribution in [0.25, 0.3) is 0 Å². The summed E-state index contributed by atoms with van der Waals surface area (Å²) >= 11 is 0. The molecule has 1 amide bonds. The maximum Gasteiger partial charge on any atom is 0.407 e. The van der Waals surface area contributed by atoms with Gasteiger partial charge in [-0.25, -0.2) is 9.59 Å². The second-order valence-corrected chi connectivity index (χ2v) is 7.89. The van der Waals surface area contributed by atoms with Gasteiger partial charge in [-0.15, -0.1) is 0 Å². The van der Waals surface area contributed by atoms with Crippen LogP contribution in [0.2, 0.25) is 0 Å². The molecule has 0 aliphatic rings. The molecule has 0 unspecified atom stereocenters. The summed E-state index contributed by atoms with van der Waals surface area (Å²) in [6.45, 7) is 12.4. The van der Waals surface area contributed by atoms with Crippen molar-refractivity contribution in [2.24, 2.45) is 0 Å². The SMILES string of the molecule is CCOC(=O)CCCN(CCNC(=O)OC(C)(C)C)CCn1cc(C(=O)OCC)cn1. The van der Waals surface area contributed by atoms with E-state index in [1.807, 2.05) is 20.8 Å². The van der Waals surface area contributed by atoms with Gasteiger partial charge >= 0.3 is 18.0 Å². The molecule has 176 valence electrons. The summed E-state index contributed by atoms with van der Waals surface area (Å²) < 4.78 is 16.9. The first-order chi connectivity index (χ1) is 14.6. The Balaban J connectivity index is 2.55. The lowest BCUT2D eigenvalue weighted by Crippen LogP contribution is -2.39. The Kier molecular flexibility index (Phi) is 11.6. The van der Waals surface area contributed by atoms with Crippen LogP contribution in [-0.2, 0) is 25.5 Å². The third-order valence-electron chi connectivity index (χ3n) is 4.05. The van der Waals surface area contributed by atoms with Crippen LogP contribution in [0, 0.1) is 0 Å². The van der Waals surface area contributed by atoms with Gasteiger partial charge in [-0.05, 0) is 47.6 Å². The van der Waals surface area contributed by atoms with E-state index < -0.39 is 17.7 Å². The van der Waals surface area contributed by atoms with Crippen LogP contribution in [0.1, 0.15) is 57.8 Å². The molecule has 0 radical (unpaired) electrons. The number of alkyl carbamates (subject to hydrolysis) is 1. The fourth-order valence-electron chi connectivity index (χ4n) is 2.70. The van der Waals surface area contributed by atoms with E-state index in [1.165, 1.54) is 6.20 Å². The minimum absolute atomic E-state index is 0.222. The lowest BCUT2D eigenvalue weighted by molar-refractivity contribution is -0.143. The first kappa shape index (κ1) is 26.4. The number of nitrogens with one attached hydrogen (secondary N) is 1. The molecule has 1 aromatic rings. The first-order valence-corrected chi connectivity index (χ1v) is 10.7. The van der Waals surface area contributed by atoms with Crippen molar-refractivity contribution in [2.75, 3.05) is 39.4 Å². The summed E-state index contributed by atoms with van der Waals surface area (Å²) in [7, 11) is 0. The Morgan fingerprint density at radius 1 is 1.10 bits per heavy atom. The van der Waals surface area contributed by atoms with Gasteiger partial charge in [0.05, 0.1) is 31.5 Å². The van der Waals surface area contributed by atoms with Crippen molar-refractivity contribution in [3.8, 4) is 0 Å². The van der Waals surface area contributed by atoms with Crippen molar-refractivity contribution < 1.29 is 28.6 Å². The van der Waals surface area contributed by atoms with Crippen LogP contribution in [0.4, 0.5) is 4.79 Å². The first-order valence-electron chi connectivity index (χ1n) is 10.7. The maximum absolute atomic E-state index is 11.8. The van der Waals surface area contributed by atoms with Crippen LogP contribution < -0.4 is 5.32 Å². The van der Waals surface area contributed by atoms with E-state index in [0.717, 1.165) is 0 Å². The van der Waals surface area contributed by atoms with Crippen molar-refractivity contribution in [1.82, 2.24) is 20.0 Å². The highest BCUT2D eigenvalue weighted by Gasteiger charge is 2.16. The fourth-order valence-corrected chi connectivity index (χ4v) is 2.70. The number of aromatic nitrogens is 2. The number of carbonyl (C=O) groups is 3. The predicted molar refractivity (Wildman–Crippen MR) is 115 cm³/mol. The minimum Gasteiger partial charge on any atom is -0.466 e. The number of esters is 2. The van der Waals surface area contributed by atoms with Crippen molar-refractivity contribution in [2.45, 2.75) is 59.6 Å². The Hall–Kier alpha value is -2.62. The van der Waals surface area contributed by atoms with Crippen molar-refractivity contribution in [1.29, 1.82) is 0 Å². The molecular formula is C21H36N4O6. The molecule has 0 aliphatic carbocycles. The normalized spacial score (nSPS) is 11.3. The number of carbonyl (C=O) groups excluding carboxylic acids is 3. The van der Waals surface area contributed by atoms with Gasteiger partial charge in [-0.1, -0.05) is 0 Å². The van der Waals surface area contributed by atoms with E-state index >= 15 is 0 Å². The quantitative estimate of drug-likeness (QED) is 0.367.